The lowest BCUT2D eigenvalue weighted by Crippen LogP contribution is -2.26. The van der Waals surface area contributed by atoms with Gasteiger partial charge >= 0.3 is 0 Å². The summed E-state index contributed by atoms with van der Waals surface area (Å²) >= 11 is 6.05. The molecular formula is C15H18ClN3O2. The van der Waals surface area contributed by atoms with Gasteiger partial charge in [-0.05, 0) is 11.5 Å². The summed E-state index contributed by atoms with van der Waals surface area (Å²) in [4.78, 5) is 11.9. The summed E-state index contributed by atoms with van der Waals surface area (Å²) in [5.41, 5.74) is 1.32. The Morgan fingerprint density at radius 1 is 1.38 bits per heavy atom. The van der Waals surface area contributed by atoms with Crippen molar-refractivity contribution in [1.29, 1.82) is 0 Å². The number of aromatic nitrogens is 2. The molecule has 0 aliphatic rings. The van der Waals surface area contributed by atoms with Gasteiger partial charge in [0.15, 0.2) is 0 Å². The number of nitrogens with one attached hydrogen (secondary N) is 1. The molecule has 21 heavy (non-hydrogen) atoms. The number of hydrogen-bond acceptors (Lipinski definition) is 4. The van der Waals surface area contributed by atoms with Gasteiger partial charge in [-0.3, -0.25) is 4.79 Å². The Balaban J connectivity index is 2.07. The van der Waals surface area contributed by atoms with Crippen molar-refractivity contribution in [2.75, 3.05) is 18.5 Å². The third-order valence-corrected chi connectivity index (χ3v) is 3.63. The van der Waals surface area contributed by atoms with Crippen LogP contribution in [0.1, 0.15) is 18.4 Å². The van der Waals surface area contributed by atoms with Gasteiger partial charge < -0.3 is 10.4 Å². The molecule has 0 bridgehead atoms. The van der Waals surface area contributed by atoms with Crippen LogP contribution in [-0.4, -0.2) is 28.0 Å². The minimum atomic E-state index is -0.400. The van der Waals surface area contributed by atoms with Crippen molar-refractivity contribution in [1.82, 2.24) is 9.78 Å². The molecule has 0 aliphatic heterocycles. The van der Waals surface area contributed by atoms with Crippen molar-refractivity contribution in [3.63, 3.8) is 0 Å². The molecule has 1 aromatic heterocycles. The predicted molar refractivity (Wildman–Crippen MR) is 83.9 cm³/mol. The number of anilines is 1. The molecule has 1 unspecified atom stereocenters. The average Bonchev–Trinajstić information content (AvgIpc) is 2.52. The van der Waals surface area contributed by atoms with E-state index in [0.717, 1.165) is 4.68 Å². The predicted octanol–water partition coefficient (Wildman–Crippen LogP) is 2.10. The van der Waals surface area contributed by atoms with Crippen LogP contribution in [0.3, 0.4) is 0 Å². The summed E-state index contributed by atoms with van der Waals surface area (Å²) in [6.07, 6.45) is 1.51. The van der Waals surface area contributed by atoms with Crippen LogP contribution in [0.5, 0.6) is 0 Å². The Bertz CT molecular complexity index is 643. The van der Waals surface area contributed by atoms with Crippen molar-refractivity contribution in [2.45, 2.75) is 19.4 Å². The molecule has 0 saturated heterocycles. The maximum atomic E-state index is 11.9. The number of hydrogen-bond donors (Lipinski definition) is 2. The smallest absolute Gasteiger partial charge is 0.287 e. The van der Waals surface area contributed by atoms with E-state index < -0.39 is 5.56 Å². The van der Waals surface area contributed by atoms with E-state index in [1.807, 2.05) is 18.2 Å². The van der Waals surface area contributed by atoms with Crippen LogP contribution in [0.4, 0.5) is 5.69 Å². The van der Waals surface area contributed by atoms with Crippen molar-refractivity contribution in [3.05, 3.63) is 57.5 Å². The first kappa shape index (κ1) is 15.5. The number of aliphatic hydroxyl groups excluding tert-OH is 1. The van der Waals surface area contributed by atoms with Crippen LogP contribution >= 0.6 is 11.6 Å². The van der Waals surface area contributed by atoms with E-state index in [2.05, 4.69) is 29.5 Å². The van der Waals surface area contributed by atoms with E-state index in [1.165, 1.54) is 11.8 Å². The minimum Gasteiger partial charge on any atom is -0.394 e. The first-order valence-electron chi connectivity index (χ1n) is 6.78. The lowest BCUT2D eigenvalue weighted by atomic mass is 10.0. The van der Waals surface area contributed by atoms with Gasteiger partial charge in [-0.1, -0.05) is 48.9 Å². The fourth-order valence-corrected chi connectivity index (χ4v) is 2.22. The van der Waals surface area contributed by atoms with Gasteiger partial charge in [-0.2, -0.15) is 5.10 Å². The molecule has 0 amide bonds. The highest BCUT2D eigenvalue weighted by atomic mass is 35.5. The molecule has 2 rings (SSSR count). The topological polar surface area (TPSA) is 67.2 Å². The second kappa shape index (κ2) is 7.24. The third kappa shape index (κ3) is 3.83. The molecule has 2 N–H and O–H groups in total. The summed E-state index contributed by atoms with van der Waals surface area (Å²) in [6, 6.07) is 10.1. The van der Waals surface area contributed by atoms with Gasteiger partial charge in [0.25, 0.3) is 5.56 Å². The summed E-state index contributed by atoms with van der Waals surface area (Å²) in [6.45, 7) is 2.73. The molecule has 6 heteroatoms. The maximum Gasteiger partial charge on any atom is 0.287 e. The van der Waals surface area contributed by atoms with Gasteiger partial charge in [0, 0.05) is 6.54 Å². The van der Waals surface area contributed by atoms with E-state index in [9.17, 15) is 4.79 Å². The van der Waals surface area contributed by atoms with Gasteiger partial charge in [-0.25, -0.2) is 4.68 Å². The van der Waals surface area contributed by atoms with Gasteiger partial charge in [0.2, 0.25) is 0 Å². The Labute approximate surface area is 128 Å². The van der Waals surface area contributed by atoms with Gasteiger partial charge in [-0.15, -0.1) is 0 Å². The zero-order chi connectivity index (χ0) is 15.2. The molecule has 0 saturated carbocycles. The van der Waals surface area contributed by atoms with Crippen LogP contribution in [-0.2, 0) is 6.54 Å². The van der Waals surface area contributed by atoms with E-state index in [1.54, 1.807) is 0 Å². The summed E-state index contributed by atoms with van der Waals surface area (Å²) in [7, 11) is 0. The number of rotatable bonds is 6. The number of benzene rings is 1. The Morgan fingerprint density at radius 2 is 2.10 bits per heavy atom. The highest BCUT2D eigenvalue weighted by Crippen LogP contribution is 2.19. The molecule has 2 aromatic rings. The largest absolute Gasteiger partial charge is 0.394 e. The van der Waals surface area contributed by atoms with Crippen LogP contribution in [0, 0.1) is 0 Å². The molecule has 1 atom stereocenters. The molecule has 5 nitrogen and oxygen atoms in total. The highest BCUT2D eigenvalue weighted by Gasteiger charge is 2.10. The summed E-state index contributed by atoms with van der Waals surface area (Å²) < 4.78 is 1.15. The maximum absolute atomic E-state index is 11.9. The standard InChI is InChI=1S/C15H18ClN3O2/c1-11(12-5-3-2-4-6-12)9-17-13-10-18-19(7-8-20)15(21)14(13)16/h2-6,10-11,17,20H,7-9H2,1H3. The fraction of sp³-hybridized carbons (Fsp3) is 0.333. The molecule has 0 aliphatic carbocycles. The van der Waals surface area contributed by atoms with Crippen molar-refractivity contribution >= 4 is 17.3 Å². The Morgan fingerprint density at radius 3 is 2.76 bits per heavy atom. The van der Waals surface area contributed by atoms with Crippen molar-refractivity contribution in [3.8, 4) is 0 Å². The first-order chi connectivity index (χ1) is 10.1. The second-order valence-corrected chi connectivity index (χ2v) is 5.19. The highest BCUT2D eigenvalue weighted by molar-refractivity contribution is 6.32. The van der Waals surface area contributed by atoms with Crippen LogP contribution in [0.25, 0.3) is 0 Å². The average molecular weight is 308 g/mol. The zero-order valence-electron chi connectivity index (χ0n) is 11.8. The van der Waals surface area contributed by atoms with E-state index >= 15 is 0 Å². The lowest BCUT2D eigenvalue weighted by Gasteiger charge is -2.15. The van der Waals surface area contributed by atoms with Crippen LogP contribution in [0.2, 0.25) is 5.02 Å². The number of aliphatic hydroxyl groups is 1. The van der Waals surface area contributed by atoms with Crippen molar-refractivity contribution < 1.29 is 5.11 Å². The zero-order valence-corrected chi connectivity index (χ0v) is 12.5. The Hall–Kier alpha value is -1.85. The van der Waals surface area contributed by atoms with Gasteiger partial charge in [0.05, 0.1) is 25.0 Å². The summed E-state index contributed by atoms with van der Waals surface area (Å²) in [5.74, 6) is 0.280. The second-order valence-electron chi connectivity index (χ2n) is 4.82. The molecule has 0 spiro atoms. The molecule has 0 radical (unpaired) electrons. The molecular weight excluding hydrogens is 290 g/mol. The fourth-order valence-electron chi connectivity index (χ4n) is 2.00. The first-order valence-corrected chi connectivity index (χ1v) is 7.16. The monoisotopic (exact) mass is 307 g/mol. The van der Waals surface area contributed by atoms with E-state index in [-0.39, 0.29) is 24.1 Å². The molecule has 1 heterocycles. The quantitative estimate of drug-likeness (QED) is 0.857. The van der Waals surface area contributed by atoms with Crippen molar-refractivity contribution in [2.24, 2.45) is 0 Å². The molecule has 1 aromatic carbocycles. The minimum absolute atomic E-state index is 0.0960. The van der Waals surface area contributed by atoms with E-state index in [0.29, 0.717) is 12.2 Å². The lowest BCUT2D eigenvalue weighted by molar-refractivity contribution is 0.266. The molecule has 0 fully saturated rings. The third-order valence-electron chi connectivity index (χ3n) is 3.26. The van der Waals surface area contributed by atoms with Crippen LogP contribution < -0.4 is 10.9 Å². The SMILES string of the molecule is CC(CNc1cnn(CCO)c(=O)c1Cl)c1ccccc1. The van der Waals surface area contributed by atoms with Crippen LogP contribution in [0.15, 0.2) is 41.3 Å². The number of halogens is 1. The normalized spacial score (nSPS) is 12.1. The Kier molecular flexibility index (Phi) is 5.36. The molecule has 112 valence electrons. The summed E-state index contributed by atoms with van der Waals surface area (Å²) in [5, 5.41) is 16.1. The number of nitrogens with zero attached hydrogens (tertiary/aromatic N) is 2. The van der Waals surface area contributed by atoms with E-state index in [4.69, 9.17) is 16.7 Å². The van der Waals surface area contributed by atoms with Gasteiger partial charge in [0.1, 0.15) is 5.02 Å².